The number of hydrogen-bond acceptors (Lipinski definition) is 6. The zero-order chi connectivity index (χ0) is 22.5. The Bertz CT molecular complexity index is 971. The van der Waals surface area contributed by atoms with Gasteiger partial charge in [-0.2, -0.15) is 0 Å². The first-order chi connectivity index (χ1) is 14.8. The lowest BCUT2D eigenvalue weighted by atomic mass is 10.0. The van der Waals surface area contributed by atoms with Crippen molar-refractivity contribution in [1.29, 1.82) is 0 Å². The Labute approximate surface area is 186 Å². The number of hydrogen-bond donors (Lipinski definition) is 3. The van der Waals surface area contributed by atoms with Crippen LogP contribution in [0.1, 0.15) is 42.6 Å². The molecular formula is C22H27ClFN5O2. The maximum atomic E-state index is 14.1. The zero-order valence-electron chi connectivity index (χ0n) is 17.6. The highest BCUT2D eigenvalue weighted by Crippen LogP contribution is 2.23. The van der Waals surface area contributed by atoms with E-state index in [1.807, 2.05) is 6.92 Å². The van der Waals surface area contributed by atoms with E-state index in [1.165, 1.54) is 13.0 Å². The average Bonchev–Trinajstić information content (AvgIpc) is 3.21. The molecule has 1 aliphatic rings. The van der Waals surface area contributed by atoms with E-state index in [0.29, 0.717) is 23.4 Å². The van der Waals surface area contributed by atoms with E-state index in [-0.39, 0.29) is 36.0 Å². The molecule has 1 fully saturated rings. The van der Waals surface area contributed by atoms with Crippen LogP contribution in [-0.2, 0) is 16.1 Å². The minimum Gasteiger partial charge on any atom is -0.375 e. The summed E-state index contributed by atoms with van der Waals surface area (Å²) in [6.45, 7) is 4.16. The minimum atomic E-state index is -0.784. The van der Waals surface area contributed by atoms with Crippen LogP contribution in [0, 0.1) is 12.7 Å². The molecule has 3 rings (SSSR count). The summed E-state index contributed by atoms with van der Waals surface area (Å²) >= 11 is 5.84. The number of carbonyl (C=O) groups is 2. The van der Waals surface area contributed by atoms with E-state index in [4.69, 9.17) is 17.3 Å². The molecule has 0 saturated carbocycles. The van der Waals surface area contributed by atoms with Gasteiger partial charge in [0.2, 0.25) is 5.91 Å². The number of anilines is 1. The molecule has 0 spiro atoms. The average molecular weight is 448 g/mol. The maximum Gasteiger partial charge on any atom is 0.243 e. The van der Waals surface area contributed by atoms with E-state index < -0.39 is 11.9 Å². The Morgan fingerprint density at radius 2 is 2.19 bits per heavy atom. The van der Waals surface area contributed by atoms with Crippen LogP contribution in [0.5, 0.6) is 0 Å². The second-order valence-electron chi connectivity index (χ2n) is 7.69. The lowest BCUT2D eigenvalue weighted by molar-refractivity contribution is -0.130. The molecule has 0 bridgehead atoms. The lowest BCUT2D eigenvalue weighted by Gasteiger charge is -2.26. The number of aryl methyl sites for hydroxylation is 1. The normalized spacial score (nSPS) is 16.9. The number of aromatic nitrogens is 1. The van der Waals surface area contributed by atoms with Crippen molar-refractivity contribution >= 4 is 29.0 Å². The van der Waals surface area contributed by atoms with Gasteiger partial charge >= 0.3 is 0 Å². The summed E-state index contributed by atoms with van der Waals surface area (Å²) in [5.41, 5.74) is 8.38. The van der Waals surface area contributed by atoms with Crippen molar-refractivity contribution in [2.75, 3.05) is 18.4 Å². The third kappa shape index (κ3) is 5.58. The highest BCUT2D eigenvalue weighted by Gasteiger charge is 2.28. The molecule has 7 nitrogen and oxygen atoms in total. The van der Waals surface area contributed by atoms with Crippen LogP contribution < -0.4 is 16.4 Å². The molecule has 1 saturated heterocycles. The molecule has 1 aliphatic heterocycles. The number of amides is 1. The Kier molecular flexibility index (Phi) is 7.59. The fourth-order valence-corrected chi connectivity index (χ4v) is 3.86. The van der Waals surface area contributed by atoms with Crippen LogP contribution in [0.15, 0.2) is 30.5 Å². The molecular weight excluding hydrogens is 421 g/mol. The van der Waals surface area contributed by atoms with Crippen LogP contribution >= 0.6 is 11.6 Å². The predicted molar refractivity (Wildman–Crippen MR) is 118 cm³/mol. The van der Waals surface area contributed by atoms with Gasteiger partial charge in [0.15, 0.2) is 5.78 Å². The maximum absolute atomic E-state index is 14.1. The number of rotatable bonds is 8. The zero-order valence-corrected chi connectivity index (χ0v) is 18.4. The molecule has 4 N–H and O–H groups in total. The van der Waals surface area contributed by atoms with Gasteiger partial charge in [0, 0.05) is 29.9 Å². The summed E-state index contributed by atoms with van der Waals surface area (Å²) in [7, 11) is 0. The Balaban J connectivity index is 1.62. The molecule has 166 valence electrons. The van der Waals surface area contributed by atoms with E-state index in [1.54, 1.807) is 29.3 Å². The number of likely N-dealkylation sites (tertiary alicyclic amines) is 1. The number of nitrogens with two attached hydrogens (primary N) is 1. The number of halogens is 2. The van der Waals surface area contributed by atoms with E-state index >= 15 is 0 Å². The summed E-state index contributed by atoms with van der Waals surface area (Å²) in [5, 5.41) is 6.40. The Morgan fingerprint density at radius 3 is 2.94 bits per heavy atom. The van der Waals surface area contributed by atoms with Crippen molar-refractivity contribution < 1.29 is 14.0 Å². The highest BCUT2D eigenvalue weighted by molar-refractivity contribution is 6.30. The lowest BCUT2D eigenvalue weighted by Crippen LogP contribution is -2.46. The predicted octanol–water partition coefficient (Wildman–Crippen LogP) is 2.92. The van der Waals surface area contributed by atoms with Gasteiger partial charge < -0.3 is 16.0 Å². The van der Waals surface area contributed by atoms with Gasteiger partial charge in [-0.15, -0.1) is 0 Å². The van der Waals surface area contributed by atoms with Gasteiger partial charge in [-0.1, -0.05) is 23.7 Å². The number of nitrogens with zero attached hydrogens (tertiary/aromatic N) is 2. The number of pyridine rings is 1. The summed E-state index contributed by atoms with van der Waals surface area (Å²) in [4.78, 5) is 30.6. The van der Waals surface area contributed by atoms with Crippen LogP contribution in [0.4, 0.5) is 10.1 Å². The molecule has 1 aromatic carbocycles. The summed E-state index contributed by atoms with van der Waals surface area (Å²) in [6.07, 6.45) is 3.03. The van der Waals surface area contributed by atoms with Crippen LogP contribution in [0.2, 0.25) is 5.02 Å². The second-order valence-corrected chi connectivity index (χ2v) is 8.10. The topological polar surface area (TPSA) is 100 Å². The van der Waals surface area contributed by atoms with Crippen molar-refractivity contribution in [3.8, 4) is 0 Å². The van der Waals surface area contributed by atoms with Crippen LogP contribution in [0.25, 0.3) is 0 Å². The highest BCUT2D eigenvalue weighted by atomic mass is 35.5. The van der Waals surface area contributed by atoms with Gasteiger partial charge in [-0.3, -0.25) is 19.9 Å². The van der Waals surface area contributed by atoms with Crippen molar-refractivity contribution in [3.63, 3.8) is 0 Å². The fraction of sp³-hybridized carbons (Fsp3) is 0.409. The van der Waals surface area contributed by atoms with Gasteiger partial charge in [-0.05, 0) is 38.8 Å². The van der Waals surface area contributed by atoms with Crippen molar-refractivity contribution in [2.24, 2.45) is 5.73 Å². The van der Waals surface area contributed by atoms with Crippen molar-refractivity contribution in [2.45, 2.75) is 45.4 Å². The van der Waals surface area contributed by atoms with E-state index in [0.717, 1.165) is 18.5 Å². The Hall–Kier alpha value is -2.55. The Morgan fingerprint density at radius 1 is 1.42 bits per heavy atom. The molecule has 9 heteroatoms. The second kappa shape index (κ2) is 10.2. The third-order valence-corrected chi connectivity index (χ3v) is 5.70. The SMILES string of the molecule is CC(=O)C(N)c1cc(C)ncc1NCC(=O)N1CCCC1NCc1cccc(Cl)c1F. The molecule has 2 heterocycles. The third-order valence-electron chi connectivity index (χ3n) is 5.41. The van der Waals surface area contributed by atoms with E-state index in [9.17, 15) is 14.0 Å². The smallest absolute Gasteiger partial charge is 0.243 e. The number of Topliss-reactive ketones (excluding diaryl/α,β-unsaturated/α-hetero) is 1. The van der Waals surface area contributed by atoms with Gasteiger partial charge in [0.1, 0.15) is 5.82 Å². The molecule has 0 aliphatic carbocycles. The van der Waals surface area contributed by atoms with Crippen LogP contribution in [-0.4, -0.2) is 40.8 Å². The largest absolute Gasteiger partial charge is 0.375 e. The fourth-order valence-electron chi connectivity index (χ4n) is 3.67. The van der Waals surface area contributed by atoms with Crippen LogP contribution in [0.3, 0.4) is 0 Å². The standard InChI is InChI=1S/C22H27ClFN5O2/c1-13-9-16(22(25)14(2)30)18(11-26-13)27-12-20(31)29-8-4-7-19(29)28-10-15-5-3-6-17(23)21(15)24/h3,5-6,9,11,19,22,27-28H,4,7-8,10,12,25H2,1-2H3. The first-order valence-corrected chi connectivity index (χ1v) is 10.6. The number of nitrogens with one attached hydrogen (secondary N) is 2. The molecule has 2 aromatic rings. The minimum absolute atomic E-state index is 0.0338. The quantitative estimate of drug-likeness (QED) is 0.575. The summed E-state index contributed by atoms with van der Waals surface area (Å²) in [6, 6.07) is 5.83. The molecule has 0 radical (unpaired) electrons. The van der Waals surface area contributed by atoms with Gasteiger partial charge in [-0.25, -0.2) is 4.39 Å². The van der Waals surface area contributed by atoms with E-state index in [2.05, 4.69) is 15.6 Å². The molecule has 31 heavy (non-hydrogen) atoms. The first-order valence-electron chi connectivity index (χ1n) is 10.2. The van der Waals surface area contributed by atoms with Gasteiger partial charge in [0.25, 0.3) is 0 Å². The molecule has 1 aromatic heterocycles. The number of carbonyl (C=O) groups excluding carboxylic acids is 2. The van der Waals surface area contributed by atoms with Crippen molar-refractivity contribution in [3.05, 3.63) is 58.1 Å². The summed E-state index contributed by atoms with van der Waals surface area (Å²) < 4.78 is 14.1. The number of benzene rings is 1. The monoisotopic (exact) mass is 447 g/mol. The molecule has 2 atom stereocenters. The molecule has 2 unspecified atom stereocenters. The number of ketones is 1. The van der Waals surface area contributed by atoms with Crippen molar-refractivity contribution in [1.82, 2.24) is 15.2 Å². The van der Waals surface area contributed by atoms with Gasteiger partial charge in [0.05, 0.1) is 35.7 Å². The molecule has 1 amide bonds. The summed E-state index contributed by atoms with van der Waals surface area (Å²) in [5.74, 6) is -0.725. The first kappa shape index (κ1) is 23.1.